The van der Waals surface area contributed by atoms with Crippen molar-refractivity contribution in [3.63, 3.8) is 0 Å². The van der Waals surface area contributed by atoms with E-state index in [9.17, 15) is 0 Å². The van der Waals surface area contributed by atoms with E-state index in [1.807, 2.05) is 0 Å². The van der Waals surface area contributed by atoms with Gasteiger partial charge in [-0.1, -0.05) is 20.8 Å². The molecule has 0 aromatic rings. The van der Waals surface area contributed by atoms with Gasteiger partial charge < -0.3 is 5.32 Å². The molecule has 0 aromatic heterocycles. The van der Waals surface area contributed by atoms with E-state index in [0.29, 0.717) is 5.41 Å². The first-order valence-corrected chi connectivity index (χ1v) is 3.40. The first-order valence-electron chi connectivity index (χ1n) is 3.40. The third-order valence-electron chi connectivity index (χ3n) is 2.16. The number of rotatable bonds is 1. The van der Waals surface area contributed by atoms with Crippen LogP contribution >= 0.6 is 0 Å². The van der Waals surface area contributed by atoms with E-state index in [0.717, 1.165) is 6.04 Å². The summed E-state index contributed by atoms with van der Waals surface area (Å²) in [4.78, 5) is 0. The molecule has 1 fully saturated rings. The molecule has 1 aliphatic heterocycles. The van der Waals surface area contributed by atoms with E-state index in [2.05, 4.69) is 26.1 Å². The molecular formula is C7H15N. The highest BCUT2D eigenvalue weighted by atomic mass is 15.0. The Bertz CT molecular complexity index is 84.4. The first-order chi connectivity index (χ1) is 3.67. The molecule has 0 saturated carbocycles. The van der Waals surface area contributed by atoms with E-state index >= 15 is 0 Å². The van der Waals surface area contributed by atoms with Crippen LogP contribution in [0.4, 0.5) is 0 Å². The van der Waals surface area contributed by atoms with Gasteiger partial charge in [0.05, 0.1) is 0 Å². The van der Waals surface area contributed by atoms with Crippen molar-refractivity contribution in [3.8, 4) is 0 Å². The molecule has 1 unspecified atom stereocenters. The van der Waals surface area contributed by atoms with Crippen LogP contribution in [0.25, 0.3) is 0 Å². The summed E-state index contributed by atoms with van der Waals surface area (Å²) in [6, 6.07) is 0.780. The Labute approximate surface area is 51.5 Å². The lowest BCUT2D eigenvalue weighted by Gasteiger charge is -2.45. The van der Waals surface area contributed by atoms with Gasteiger partial charge in [-0.25, -0.2) is 0 Å². The minimum absolute atomic E-state index is 0.578. The molecule has 1 atom stereocenters. The number of hydrogen-bond donors (Lipinski definition) is 1. The quantitative estimate of drug-likeness (QED) is 0.542. The van der Waals surface area contributed by atoms with Gasteiger partial charge in [0.25, 0.3) is 0 Å². The maximum atomic E-state index is 3.39. The number of nitrogens with one attached hydrogen (secondary N) is 1. The lowest BCUT2D eigenvalue weighted by atomic mass is 9.76. The van der Waals surface area contributed by atoms with Gasteiger partial charge in [0.2, 0.25) is 0 Å². The van der Waals surface area contributed by atoms with Gasteiger partial charge in [-0.15, -0.1) is 0 Å². The molecular weight excluding hydrogens is 98.1 g/mol. The molecule has 0 bridgehead atoms. The molecule has 1 rings (SSSR count). The van der Waals surface area contributed by atoms with Crippen molar-refractivity contribution in [1.82, 2.24) is 5.32 Å². The summed E-state index contributed by atoms with van der Waals surface area (Å²) in [5.74, 6) is 0. The van der Waals surface area contributed by atoms with Gasteiger partial charge in [-0.3, -0.25) is 0 Å². The molecule has 1 nitrogen and oxygen atoms in total. The maximum Gasteiger partial charge on any atom is 0.0128 e. The highest BCUT2D eigenvalue weighted by Crippen LogP contribution is 2.29. The topological polar surface area (TPSA) is 12.0 Å². The fourth-order valence-electron chi connectivity index (χ4n) is 1.35. The predicted molar refractivity (Wildman–Crippen MR) is 35.9 cm³/mol. The van der Waals surface area contributed by atoms with Crippen molar-refractivity contribution in [2.45, 2.75) is 33.2 Å². The highest BCUT2D eigenvalue weighted by molar-refractivity contribution is 4.94. The van der Waals surface area contributed by atoms with Crippen molar-refractivity contribution in [2.75, 3.05) is 6.54 Å². The lowest BCUT2D eigenvalue weighted by Crippen LogP contribution is -2.58. The van der Waals surface area contributed by atoms with Crippen molar-refractivity contribution in [1.29, 1.82) is 0 Å². The molecule has 8 heavy (non-hydrogen) atoms. The Kier molecular flexibility index (Phi) is 1.31. The third-order valence-corrected chi connectivity index (χ3v) is 2.16. The van der Waals surface area contributed by atoms with E-state index in [1.165, 1.54) is 13.0 Å². The molecule has 1 saturated heterocycles. The standard InChI is InChI=1S/C7H15N/c1-4-6-7(2,3)5-8-6/h6,8H,4-5H2,1-3H3. The largest absolute Gasteiger partial charge is 0.313 e. The summed E-state index contributed by atoms with van der Waals surface area (Å²) in [5.41, 5.74) is 0.578. The van der Waals surface area contributed by atoms with Gasteiger partial charge >= 0.3 is 0 Å². The summed E-state index contributed by atoms with van der Waals surface area (Å²) in [7, 11) is 0. The van der Waals surface area contributed by atoms with Crippen LogP contribution in [0.3, 0.4) is 0 Å². The summed E-state index contributed by atoms with van der Waals surface area (Å²) in [6.45, 7) is 8.07. The van der Waals surface area contributed by atoms with E-state index in [4.69, 9.17) is 0 Å². The highest BCUT2D eigenvalue weighted by Gasteiger charge is 2.35. The van der Waals surface area contributed by atoms with Gasteiger partial charge in [0.15, 0.2) is 0 Å². The second kappa shape index (κ2) is 1.73. The number of hydrogen-bond acceptors (Lipinski definition) is 1. The summed E-state index contributed by atoms with van der Waals surface area (Å²) >= 11 is 0. The molecule has 1 aliphatic rings. The van der Waals surface area contributed by atoms with Crippen molar-refractivity contribution in [2.24, 2.45) is 5.41 Å². The Morgan fingerprint density at radius 3 is 2.25 bits per heavy atom. The summed E-state index contributed by atoms with van der Waals surface area (Å²) < 4.78 is 0. The van der Waals surface area contributed by atoms with Crippen LogP contribution in [0.1, 0.15) is 27.2 Å². The van der Waals surface area contributed by atoms with Gasteiger partial charge in [0.1, 0.15) is 0 Å². The second-order valence-corrected chi connectivity index (χ2v) is 3.33. The molecule has 0 spiro atoms. The zero-order chi connectivity index (χ0) is 6.20. The van der Waals surface area contributed by atoms with Crippen molar-refractivity contribution < 1.29 is 0 Å². The fourth-order valence-corrected chi connectivity index (χ4v) is 1.35. The first kappa shape index (κ1) is 6.09. The zero-order valence-electron chi connectivity index (χ0n) is 5.99. The van der Waals surface area contributed by atoms with Crippen LogP contribution in [0.2, 0.25) is 0 Å². The van der Waals surface area contributed by atoms with Crippen LogP contribution in [-0.4, -0.2) is 12.6 Å². The average molecular weight is 113 g/mol. The summed E-state index contributed by atoms with van der Waals surface area (Å²) in [5, 5.41) is 3.39. The third kappa shape index (κ3) is 0.752. The van der Waals surface area contributed by atoms with E-state index in [1.54, 1.807) is 0 Å². The lowest BCUT2D eigenvalue weighted by molar-refractivity contribution is 0.124. The van der Waals surface area contributed by atoms with Crippen LogP contribution < -0.4 is 5.32 Å². The molecule has 0 radical (unpaired) electrons. The van der Waals surface area contributed by atoms with Gasteiger partial charge in [0, 0.05) is 12.6 Å². The fraction of sp³-hybridized carbons (Fsp3) is 1.00. The smallest absolute Gasteiger partial charge is 0.0128 e. The predicted octanol–water partition coefficient (Wildman–Crippen LogP) is 1.39. The monoisotopic (exact) mass is 113 g/mol. The molecule has 1 heterocycles. The van der Waals surface area contributed by atoms with Gasteiger partial charge in [-0.05, 0) is 11.8 Å². The maximum absolute atomic E-state index is 3.39. The Morgan fingerprint density at radius 2 is 2.25 bits per heavy atom. The minimum atomic E-state index is 0.578. The van der Waals surface area contributed by atoms with Crippen LogP contribution in [0.5, 0.6) is 0 Å². The van der Waals surface area contributed by atoms with E-state index < -0.39 is 0 Å². The zero-order valence-corrected chi connectivity index (χ0v) is 5.99. The summed E-state index contributed by atoms with van der Waals surface area (Å²) in [6.07, 6.45) is 1.27. The SMILES string of the molecule is CCC1NCC1(C)C. The van der Waals surface area contributed by atoms with Gasteiger partial charge in [-0.2, -0.15) is 0 Å². The van der Waals surface area contributed by atoms with Crippen LogP contribution in [0.15, 0.2) is 0 Å². The Morgan fingerprint density at radius 1 is 1.62 bits per heavy atom. The Hall–Kier alpha value is -0.0400. The minimum Gasteiger partial charge on any atom is -0.313 e. The van der Waals surface area contributed by atoms with Crippen molar-refractivity contribution in [3.05, 3.63) is 0 Å². The second-order valence-electron chi connectivity index (χ2n) is 3.33. The molecule has 1 N–H and O–H groups in total. The average Bonchev–Trinajstić information content (AvgIpc) is 1.66. The molecule has 0 aliphatic carbocycles. The molecule has 48 valence electrons. The molecule has 1 heteroatoms. The van der Waals surface area contributed by atoms with Crippen molar-refractivity contribution >= 4 is 0 Å². The normalized spacial score (nSPS) is 34.1. The van der Waals surface area contributed by atoms with Crippen LogP contribution in [0, 0.1) is 5.41 Å². The van der Waals surface area contributed by atoms with Crippen LogP contribution in [-0.2, 0) is 0 Å². The Balaban J connectivity index is 2.37. The van der Waals surface area contributed by atoms with E-state index in [-0.39, 0.29) is 0 Å². The molecule has 0 aromatic carbocycles. The molecule has 0 amide bonds.